The third kappa shape index (κ3) is 5.30. The fourth-order valence-electron chi connectivity index (χ4n) is 1.62. The van der Waals surface area contributed by atoms with Crippen molar-refractivity contribution in [2.45, 2.75) is 27.2 Å². The zero-order chi connectivity index (χ0) is 15.1. The van der Waals surface area contributed by atoms with Gasteiger partial charge in [0.05, 0.1) is 5.56 Å². The van der Waals surface area contributed by atoms with Crippen LogP contribution in [0.4, 0.5) is 5.69 Å². The second-order valence-corrected chi connectivity index (χ2v) is 5.18. The SMILES string of the molecule is Cc1ccc(N)cc1C(=O)OCC(=O)NCCC(C)C. The molecule has 0 spiro atoms. The van der Waals surface area contributed by atoms with Crippen LogP contribution in [0.2, 0.25) is 0 Å². The summed E-state index contributed by atoms with van der Waals surface area (Å²) in [6.45, 7) is 6.26. The predicted octanol–water partition coefficient (Wildman–Crippen LogP) is 1.90. The first kappa shape index (κ1) is 16.0. The van der Waals surface area contributed by atoms with Gasteiger partial charge in [-0.15, -0.1) is 0 Å². The normalized spacial score (nSPS) is 10.4. The summed E-state index contributed by atoms with van der Waals surface area (Å²) in [6, 6.07) is 5.01. The first-order valence-electron chi connectivity index (χ1n) is 6.70. The standard InChI is InChI=1S/C15H22N2O3/c1-10(2)6-7-17-14(18)9-20-15(19)13-8-12(16)5-4-11(13)3/h4-5,8,10H,6-7,9,16H2,1-3H3,(H,17,18). The fourth-order valence-corrected chi connectivity index (χ4v) is 1.62. The molecule has 3 N–H and O–H groups in total. The Morgan fingerprint density at radius 2 is 2.05 bits per heavy atom. The number of rotatable bonds is 6. The Morgan fingerprint density at radius 3 is 2.70 bits per heavy atom. The molecule has 5 heteroatoms. The third-order valence-electron chi connectivity index (χ3n) is 2.86. The highest BCUT2D eigenvalue weighted by Crippen LogP contribution is 2.13. The van der Waals surface area contributed by atoms with Gasteiger partial charge in [0.15, 0.2) is 6.61 Å². The molecule has 1 aromatic carbocycles. The van der Waals surface area contributed by atoms with Gasteiger partial charge in [0, 0.05) is 12.2 Å². The van der Waals surface area contributed by atoms with Crippen LogP contribution in [0.25, 0.3) is 0 Å². The van der Waals surface area contributed by atoms with Crippen LogP contribution in [-0.2, 0) is 9.53 Å². The fraction of sp³-hybridized carbons (Fsp3) is 0.467. The largest absolute Gasteiger partial charge is 0.452 e. The molecule has 0 heterocycles. The highest BCUT2D eigenvalue weighted by Gasteiger charge is 2.12. The molecule has 0 saturated carbocycles. The topological polar surface area (TPSA) is 81.4 Å². The maximum absolute atomic E-state index is 11.8. The second-order valence-electron chi connectivity index (χ2n) is 5.18. The lowest BCUT2D eigenvalue weighted by atomic mass is 10.1. The molecular formula is C15H22N2O3. The summed E-state index contributed by atoms with van der Waals surface area (Å²) in [5, 5.41) is 2.71. The van der Waals surface area contributed by atoms with E-state index in [1.165, 1.54) is 0 Å². The molecule has 0 atom stereocenters. The Bertz CT molecular complexity index is 484. The molecule has 1 rings (SSSR count). The summed E-state index contributed by atoms with van der Waals surface area (Å²) in [5.74, 6) is -0.304. The molecule has 0 fully saturated rings. The highest BCUT2D eigenvalue weighted by molar-refractivity contribution is 5.93. The van der Waals surface area contributed by atoms with E-state index in [4.69, 9.17) is 10.5 Å². The maximum Gasteiger partial charge on any atom is 0.338 e. The molecule has 5 nitrogen and oxygen atoms in total. The molecule has 0 aliphatic rings. The molecular weight excluding hydrogens is 256 g/mol. The Morgan fingerprint density at radius 1 is 1.35 bits per heavy atom. The first-order valence-corrected chi connectivity index (χ1v) is 6.70. The summed E-state index contributed by atoms with van der Waals surface area (Å²) in [6.07, 6.45) is 0.897. The smallest absolute Gasteiger partial charge is 0.338 e. The zero-order valence-electron chi connectivity index (χ0n) is 12.2. The van der Waals surface area contributed by atoms with Gasteiger partial charge in [0.1, 0.15) is 0 Å². The number of benzene rings is 1. The van der Waals surface area contributed by atoms with Crippen molar-refractivity contribution in [2.24, 2.45) is 5.92 Å². The van der Waals surface area contributed by atoms with Crippen LogP contribution in [0.3, 0.4) is 0 Å². The number of nitrogen functional groups attached to an aromatic ring is 1. The van der Waals surface area contributed by atoms with Gasteiger partial charge in [-0.25, -0.2) is 4.79 Å². The average molecular weight is 278 g/mol. The van der Waals surface area contributed by atoms with Crippen LogP contribution >= 0.6 is 0 Å². The summed E-state index contributed by atoms with van der Waals surface area (Å²) >= 11 is 0. The molecule has 0 aliphatic carbocycles. The van der Waals surface area contributed by atoms with Crippen molar-refractivity contribution < 1.29 is 14.3 Å². The van der Waals surface area contributed by atoms with E-state index in [0.29, 0.717) is 23.7 Å². The Kier molecular flexibility index (Phi) is 6.03. The van der Waals surface area contributed by atoms with Gasteiger partial charge < -0.3 is 15.8 Å². The summed E-state index contributed by atoms with van der Waals surface area (Å²) < 4.78 is 4.98. The van der Waals surface area contributed by atoms with Crippen molar-refractivity contribution in [3.63, 3.8) is 0 Å². The van der Waals surface area contributed by atoms with E-state index in [2.05, 4.69) is 19.2 Å². The number of anilines is 1. The van der Waals surface area contributed by atoms with E-state index in [9.17, 15) is 9.59 Å². The van der Waals surface area contributed by atoms with Crippen molar-refractivity contribution >= 4 is 17.6 Å². The van der Waals surface area contributed by atoms with E-state index >= 15 is 0 Å². The van der Waals surface area contributed by atoms with Crippen molar-refractivity contribution in [2.75, 3.05) is 18.9 Å². The van der Waals surface area contributed by atoms with Crippen molar-refractivity contribution in [3.8, 4) is 0 Å². The van der Waals surface area contributed by atoms with Crippen molar-refractivity contribution in [1.82, 2.24) is 5.32 Å². The van der Waals surface area contributed by atoms with Gasteiger partial charge in [-0.1, -0.05) is 19.9 Å². The molecule has 0 aliphatic heterocycles. The Hall–Kier alpha value is -2.04. The summed E-state index contributed by atoms with van der Waals surface area (Å²) in [4.78, 5) is 23.3. The number of amides is 1. The molecule has 0 bridgehead atoms. The van der Waals surface area contributed by atoms with Gasteiger partial charge in [-0.3, -0.25) is 4.79 Å². The third-order valence-corrected chi connectivity index (χ3v) is 2.86. The lowest BCUT2D eigenvalue weighted by molar-refractivity contribution is -0.124. The number of carbonyl (C=O) groups excluding carboxylic acids is 2. The summed E-state index contributed by atoms with van der Waals surface area (Å²) in [7, 11) is 0. The van der Waals surface area contributed by atoms with Gasteiger partial charge in [-0.05, 0) is 37.0 Å². The number of nitrogens with two attached hydrogens (primary N) is 1. The van der Waals surface area contributed by atoms with Crippen LogP contribution in [0.15, 0.2) is 18.2 Å². The van der Waals surface area contributed by atoms with Gasteiger partial charge in [0.2, 0.25) is 0 Å². The van der Waals surface area contributed by atoms with Crippen LogP contribution < -0.4 is 11.1 Å². The molecule has 0 unspecified atom stereocenters. The minimum Gasteiger partial charge on any atom is -0.452 e. The average Bonchev–Trinajstić information content (AvgIpc) is 2.38. The van der Waals surface area contributed by atoms with Crippen LogP contribution in [0, 0.1) is 12.8 Å². The molecule has 1 aromatic rings. The second kappa shape index (κ2) is 7.53. The van der Waals surface area contributed by atoms with Crippen molar-refractivity contribution in [3.05, 3.63) is 29.3 Å². The van der Waals surface area contributed by atoms with Crippen LogP contribution in [0.1, 0.15) is 36.2 Å². The minimum absolute atomic E-state index is 0.273. The molecule has 0 aromatic heterocycles. The monoisotopic (exact) mass is 278 g/mol. The van der Waals surface area contributed by atoms with Crippen LogP contribution in [0.5, 0.6) is 0 Å². The van der Waals surface area contributed by atoms with Crippen LogP contribution in [-0.4, -0.2) is 25.0 Å². The molecule has 0 radical (unpaired) electrons. The quantitative estimate of drug-likeness (QED) is 0.615. The molecule has 20 heavy (non-hydrogen) atoms. The van der Waals surface area contributed by atoms with E-state index in [1.54, 1.807) is 25.1 Å². The molecule has 110 valence electrons. The number of hydrogen-bond donors (Lipinski definition) is 2. The highest BCUT2D eigenvalue weighted by atomic mass is 16.5. The Balaban J connectivity index is 2.43. The van der Waals surface area contributed by atoms with E-state index in [-0.39, 0.29) is 12.5 Å². The van der Waals surface area contributed by atoms with Gasteiger partial charge in [0.25, 0.3) is 5.91 Å². The number of hydrogen-bond acceptors (Lipinski definition) is 4. The van der Waals surface area contributed by atoms with E-state index in [0.717, 1.165) is 12.0 Å². The maximum atomic E-state index is 11.8. The Labute approximate surface area is 119 Å². The van der Waals surface area contributed by atoms with E-state index < -0.39 is 5.97 Å². The predicted molar refractivity (Wildman–Crippen MR) is 78.3 cm³/mol. The number of carbonyl (C=O) groups is 2. The molecule has 1 amide bonds. The first-order chi connectivity index (χ1) is 9.40. The number of esters is 1. The van der Waals surface area contributed by atoms with E-state index in [1.807, 2.05) is 0 Å². The number of ether oxygens (including phenoxy) is 1. The lowest BCUT2D eigenvalue weighted by Crippen LogP contribution is -2.30. The van der Waals surface area contributed by atoms with Gasteiger partial charge >= 0.3 is 5.97 Å². The zero-order valence-corrected chi connectivity index (χ0v) is 12.2. The number of nitrogens with one attached hydrogen (secondary N) is 1. The van der Waals surface area contributed by atoms with Crippen molar-refractivity contribution in [1.29, 1.82) is 0 Å². The molecule has 0 saturated heterocycles. The minimum atomic E-state index is -0.534. The van der Waals surface area contributed by atoms with Gasteiger partial charge in [-0.2, -0.15) is 0 Å². The number of aryl methyl sites for hydroxylation is 1. The lowest BCUT2D eigenvalue weighted by Gasteiger charge is -2.09. The summed E-state index contributed by atoms with van der Waals surface area (Å²) in [5.41, 5.74) is 7.27.